The van der Waals surface area contributed by atoms with Gasteiger partial charge < -0.3 is 20.1 Å². The Kier molecular flexibility index (Phi) is 6.84. The molecule has 4 rings (SSSR count). The van der Waals surface area contributed by atoms with E-state index in [0.717, 1.165) is 63.4 Å². The SMILES string of the molecule is O=C(Nc1ccc(CCN2CCOCC2)cc1)c1cccc(C2CCCN2C(=O)O)c1. The fourth-order valence-electron chi connectivity index (χ4n) is 4.30. The van der Waals surface area contributed by atoms with Crippen molar-refractivity contribution in [2.75, 3.05) is 44.7 Å². The second kappa shape index (κ2) is 9.94. The summed E-state index contributed by atoms with van der Waals surface area (Å²) < 4.78 is 5.38. The molecule has 2 amide bonds. The quantitative estimate of drug-likeness (QED) is 0.742. The summed E-state index contributed by atoms with van der Waals surface area (Å²) in [4.78, 5) is 28.1. The van der Waals surface area contributed by atoms with Gasteiger partial charge in [-0.3, -0.25) is 9.69 Å². The van der Waals surface area contributed by atoms with Gasteiger partial charge in [0, 0.05) is 37.4 Å². The monoisotopic (exact) mass is 423 g/mol. The number of nitrogens with one attached hydrogen (secondary N) is 1. The van der Waals surface area contributed by atoms with Crippen LogP contribution in [0, 0.1) is 0 Å². The maximum Gasteiger partial charge on any atom is 0.407 e. The van der Waals surface area contributed by atoms with Gasteiger partial charge in [-0.15, -0.1) is 0 Å². The van der Waals surface area contributed by atoms with Crippen LogP contribution < -0.4 is 5.32 Å². The van der Waals surface area contributed by atoms with Gasteiger partial charge >= 0.3 is 6.09 Å². The smallest absolute Gasteiger partial charge is 0.407 e. The van der Waals surface area contributed by atoms with E-state index in [1.54, 1.807) is 12.1 Å². The molecule has 2 aliphatic rings. The summed E-state index contributed by atoms with van der Waals surface area (Å²) in [7, 11) is 0. The summed E-state index contributed by atoms with van der Waals surface area (Å²) in [6.45, 7) is 5.13. The van der Waals surface area contributed by atoms with Gasteiger partial charge in [-0.25, -0.2) is 4.79 Å². The number of amides is 2. The highest BCUT2D eigenvalue weighted by Gasteiger charge is 2.30. The first kappa shape index (κ1) is 21.3. The summed E-state index contributed by atoms with van der Waals surface area (Å²) in [6.07, 6.45) is 1.68. The number of hydrogen-bond donors (Lipinski definition) is 2. The van der Waals surface area contributed by atoms with Crippen LogP contribution in [0.15, 0.2) is 48.5 Å². The highest BCUT2D eigenvalue weighted by Crippen LogP contribution is 2.32. The van der Waals surface area contributed by atoms with Gasteiger partial charge in [-0.05, 0) is 54.7 Å². The van der Waals surface area contributed by atoms with Gasteiger partial charge in [0.1, 0.15) is 0 Å². The van der Waals surface area contributed by atoms with Crippen LogP contribution in [0.2, 0.25) is 0 Å². The minimum Gasteiger partial charge on any atom is -0.465 e. The van der Waals surface area contributed by atoms with Gasteiger partial charge in [-0.1, -0.05) is 24.3 Å². The van der Waals surface area contributed by atoms with Gasteiger partial charge in [0.2, 0.25) is 0 Å². The lowest BCUT2D eigenvalue weighted by Gasteiger charge is -2.26. The molecule has 1 unspecified atom stereocenters. The van der Waals surface area contributed by atoms with Crippen LogP contribution >= 0.6 is 0 Å². The Labute approximate surface area is 182 Å². The van der Waals surface area contributed by atoms with Crippen LogP contribution in [0.4, 0.5) is 10.5 Å². The molecule has 0 radical (unpaired) electrons. The van der Waals surface area contributed by atoms with Crippen LogP contribution in [0.5, 0.6) is 0 Å². The van der Waals surface area contributed by atoms with Gasteiger partial charge in [0.15, 0.2) is 0 Å². The Morgan fingerprint density at radius 2 is 1.84 bits per heavy atom. The number of carboxylic acid groups (broad SMARTS) is 1. The van der Waals surface area contributed by atoms with Crippen molar-refractivity contribution in [1.82, 2.24) is 9.80 Å². The van der Waals surface area contributed by atoms with Crippen molar-refractivity contribution in [3.63, 3.8) is 0 Å². The van der Waals surface area contributed by atoms with Crippen LogP contribution in [0.3, 0.4) is 0 Å². The predicted octanol–water partition coefficient (Wildman–Crippen LogP) is 3.63. The molecule has 2 heterocycles. The first-order chi connectivity index (χ1) is 15.1. The van der Waals surface area contributed by atoms with Crippen LogP contribution in [0.25, 0.3) is 0 Å². The molecular weight excluding hydrogens is 394 g/mol. The molecule has 7 nitrogen and oxygen atoms in total. The number of morpholine rings is 1. The van der Waals surface area contributed by atoms with Gasteiger partial charge in [0.25, 0.3) is 5.91 Å². The zero-order valence-electron chi connectivity index (χ0n) is 17.6. The summed E-state index contributed by atoms with van der Waals surface area (Å²) >= 11 is 0. The van der Waals surface area contributed by atoms with Crippen molar-refractivity contribution in [3.05, 3.63) is 65.2 Å². The molecule has 2 fully saturated rings. The van der Waals surface area contributed by atoms with Crippen molar-refractivity contribution in [2.45, 2.75) is 25.3 Å². The fourth-order valence-corrected chi connectivity index (χ4v) is 4.30. The number of anilines is 1. The second-order valence-electron chi connectivity index (χ2n) is 8.11. The normalized spacial score (nSPS) is 19.4. The molecule has 2 aliphatic heterocycles. The molecule has 0 saturated carbocycles. The Morgan fingerprint density at radius 3 is 2.58 bits per heavy atom. The molecule has 7 heteroatoms. The number of benzene rings is 2. The highest BCUT2D eigenvalue weighted by atomic mass is 16.5. The summed E-state index contributed by atoms with van der Waals surface area (Å²) in [5.74, 6) is -0.192. The Hall–Kier alpha value is -2.90. The minimum atomic E-state index is -0.911. The van der Waals surface area contributed by atoms with Gasteiger partial charge in [0.05, 0.1) is 19.3 Å². The van der Waals surface area contributed by atoms with Crippen molar-refractivity contribution in [1.29, 1.82) is 0 Å². The summed E-state index contributed by atoms with van der Waals surface area (Å²) in [6, 6.07) is 15.1. The third-order valence-corrected chi connectivity index (χ3v) is 6.06. The molecule has 2 saturated heterocycles. The molecule has 2 N–H and O–H groups in total. The first-order valence-corrected chi connectivity index (χ1v) is 10.9. The third-order valence-electron chi connectivity index (χ3n) is 6.06. The van der Waals surface area contributed by atoms with Crippen molar-refractivity contribution < 1.29 is 19.4 Å². The Balaban J connectivity index is 1.35. The maximum atomic E-state index is 12.8. The minimum absolute atomic E-state index is 0.184. The van der Waals surface area contributed by atoms with Gasteiger partial charge in [-0.2, -0.15) is 0 Å². The molecule has 2 aromatic carbocycles. The average molecular weight is 424 g/mol. The van der Waals surface area contributed by atoms with E-state index in [0.29, 0.717) is 12.1 Å². The lowest BCUT2D eigenvalue weighted by Crippen LogP contribution is -2.37. The highest BCUT2D eigenvalue weighted by molar-refractivity contribution is 6.04. The van der Waals surface area contributed by atoms with Crippen LogP contribution in [0.1, 0.15) is 40.4 Å². The van der Waals surface area contributed by atoms with Crippen molar-refractivity contribution >= 4 is 17.7 Å². The number of carbonyl (C=O) groups is 2. The zero-order chi connectivity index (χ0) is 21.6. The third kappa shape index (κ3) is 5.42. The van der Waals surface area contributed by atoms with Crippen molar-refractivity contribution in [3.8, 4) is 0 Å². The lowest BCUT2D eigenvalue weighted by atomic mass is 10.0. The van der Waals surface area contributed by atoms with Crippen molar-refractivity contribution in [2.24, 2.45) is 0 Å². The summed E-state index contributed by atoms with van der Waals surface area (Å²) in [5, 5.41) is 12.3. The molecule has 1 atom stereocenters. The van der Waals surface area contributed by atoms with E-state index in [-0.39, 0.29) is 11.9 Å². The fraction of sp³-hybridized carbons (Fsp3) is 0.417. The van der Waals surface area contributed by atoms with E-state index in [4.69, 9.17) is 4.74 Å². The average Bonchev–Trinajstić information content (AvgIpc) is 3.30. The molecule has 2 aromatic rings. The topological polar surface area (TPSA) is 82.1 Å². The molecule has 0 bridgehead atoms. The standard InChI is InChI=1S/C24H29N3O4/c28-23(20-4-1-3-19(17-20)22-5-2-11-27(22)24(29)30)25-21-8-6-18(7-9-21)10-12-26-13-15-31-16-14-26/h1,3-4,6-9,17,22H,2,5,10-16H2,(H,25,28)(H,29,30). The van der Waals surface area contributed by atoms with E-state index in [9.17, 15) is 14.7 Å². The lowest BCUT2D eigenvalue weighted by molar-refractivity contribution is 0.0384. The molecule has 0 aromatic heterocycles. The Bertz CT molecular complexity index is 909. The molecule has 164 valence electrons. The maximum absolute atomic E-state index is 12.8. The van der Waals surface area contributed by atoms with Crippen LogP contribution in [-0.2, 0) is 11.2 Å². The molecule has 0 aliphatic carbocycles. The summed E-state index contributed by atoms with van der Waals surface area (Å²) in [5.41, 5.74) is 3.39. The predicted molar refractivity (Wildman–Crippen MR) is 119 cm³/mol. The van der Waals surface area contributed by atoms with E-state index >= 15 is 0 Å². The number of ether oxygens (including phenoxy) is 1. The van der Waals surface area contributed by atoms with E-state index < -0.39 is 6.09 Å². The Morgan fingerprint density at radius 1 is 1.06 bits per heavy atom. The zero-order valence-corrected chi connectivity index (χ0v) is 17.6. The first-order valence-electron chi connectivity index (χ1n) is 10.9. The number of likely N-dealkylation sites (tertiary alicyclic amines) is 1. The van der Waals surface area contributed by atoms with E-state index in [1.165, 1.54) is 10.5 Å². The second-order valence-corrected chi connectivity index (χ2v) is 8.11. The molecule has 0 spiro atoms. The van der Waals surface area contributed by atoms with Crippen LogP contribution in [-0.4, -0.2) is 66.3 Å². The molecular formula is C24H29N3O4. The van der Waals surface area contributed by atoms with E-state index in [2.05, 4.69) is 22.3 Å². The number of rotatable bonds is 6. The number of carbonyl (C=O) groups excluding carboxylic acids is 1. The van der Waals surface area contributed by atoms with E-state index in [1.807, 2.05) is 24.3 Å². The number of nitrogens with zero attached hydrogens (tertiary/aromatic N) is 2. The number of hydrogen-bond acceptors (Lipinski definition) is 4. The largest absolute Gasteiger partial charge is 0.465 e. The molecule has 31 heavy (non-hydrogen) atoms.